The van der Waals surface area contributed by atoms with Gasteiger partial charge in [0.1, 0.15) is 12.7 Å². The molecule has 0 aromatic rings. The third-order valence-electron chi connectivity index (χ3n) is 5.20. The van der Waals surface area contributed by atoms with Crippen molar-refractivity contribution < 1.29 is 14.4 Å². The van der Waals surface area contributed by atoms with Crippen LogP contribution in [0.15, 0.2) is 29.5 Å². The predicted octanol–water partition coefficient (Wildman–Crippen LogP) is 4.99. The van der Waals surface area contributed by atoms with E-state index >= 15 is 0 Å². The van der Waals surface area contributed by atoms with Crippen molar-refractivity contribution in [3.8, 4) is 0 Å². The van der Waals surface area contributed by atoms with Gasteiger partial charge in [0.25, 0.3) is 0 Å². The van der Waals surface area contributed by atoms with Gasteiger partial charge in [-0.05, 0) is 12.8 Å². The molecular weight excluding hydrogens is 338 g/mol. The molecule has 0 aromatic carbocycles. The van der Waals surface area contributed by atoms with E-state index in [1.54, 1.807) is 6.20 Å². The van der Waals surface area contributed by atoms with Gasteiger partial charge in [0.05, 0.1) is 6.20 Å². The Balaban J connectivity index is 2.13. The molecule has 0 radical (unpaired) electrons. The number of nitrogens with zero attached hydrogens (tertiary/aromatic N) is 2. The van der Waals surface area contributed by atoms with Crippen molar-refractivity contribution in [1.82, 2.24) is 0 Å². The Bertz CT molecular complexity index is 500. The molecule has 0 amide bonds. The highest BCUT2D eigenvalue weighted by molar-refractivity contribution is 5.90. The lowest BCUT2D eigenvalue weighted by Crippen LogP contribution is -2.51. The average molecular weight is 379 g/mol. The molecule has 5 nitrogen and oxygen atoms in total. The maximum absolute atomic E-state index is 11.2. The third kappa shape index (κ3) is 9.87. The Hall–Kier alpha value is -1.46. The van der Waals surface area contributed by atoms with E-state index in [1.807, 2.05) is 12.3 Å². The minimum absolute atomic E-state index is 0.00465. The molecule has 0 aliphatic carbocycles. The summed E-state index contributed by atoms with van der Waals surface area (Å²) in [7, 11) is 0. The largest absolute Gasteiger partial charge is 0.477 e. The summed E-state index contributed by atoms with van der Waals surface area (Å²) in [6.45, 7) is 3.25. The summed E-state index contributed by atoms with van der Waals surface area (Å²) in [5, 5.41) is 9.20. The molecule has 0 spiro atoms. The van der Waals surface area contributed by atoms with Gasteiger partial charge in [-0.2, -0.15) is 4.99 Å². The van der Waals surface area contributed by atoms with E-state index in [9.17, 15) is 9.90 Å². The van der Waals surface area contributed by atoms with Crippen molar-refractivity contribution in [2.45, 2.75) is 84.0 Å². The van der Waals surface area contributed by atoms with E-state index < -0.39 is 5.97 Å². The minimum atomic E-state index is -0.832. The van der Waals surface area contributed by atoms with Gasteiger partial charge in [-0.15, -0.1) is 0 Å². The van der Waals surface area contributed by atoms with Crippen LogP contribution in [0.3, 0.4) is 0 Å². The summed E-state index contributed by atoms with van der Waals surface area (Å²) in [6, 6.07) is 0. The minimum Gasteiger partial charge on any atom is -0.477 e. The van der Waals surface area contributed by atoms with Gasteiger partial charge >= 0.3 is 5.97 Å². The van der Waals surface area contributed by atoms with E-state index in [2.05, 4.69) is 18.0 Å². The van der Waals surface area contributed by atoms with Crippen molar-refractivity contribution in [3.63, 3.8) is 0 Å². The molecule has 0 aromatic heterocycles. The third-order valence-corrected chi connectivity index (χ3v) is 5.20. The van der Waals surface area contributed by atoms with E-state index in [0.717, 1.165) is 12.3 Å². The quantitative estimate of drug-likeness (QED) is 0.277. The Kier molecular flexibility index (Phi) is 12.7. The van der Waals surface area contributed by atoms with E-state index in [-0.39, 0.29) is 11.0 Å². The number of carboxylic acid groups (broad SMARTS) is 1. The highest BCUT2D eigenvalue weighted by Gasteiger charge is 2.35. The van der Waals surface area contributed by atoms with Crippen LogP contribution in [-0.4, -0.2) is 41.0 Å². The van der Waals surface area contributed by atoms with Crippen LogP contribution < -0.4 is 5.73 Å². The number of amidine groups is 1. The Labute approximate surface area is 165 Å². The summed E-state index contributed by atoms with van der Waals surface area (Å²) in [4.78, 5) is 15.6. The van der Waals surface area contributed by atoms with Crippen molar-refractivity contribution >= 4 is 11.8 Å². The number of hydrogen-bond acceptors (Lipinski definition) is 3. The summed E-state index contributed by atoms with van der Waals surface area (Å²) >= 11 is 0. The second kappa shape index (κ2) is 14.6. The highest BCUT2D eigenvalue weighted by atomic mass is 16.4. The summed E-state index contributed by atoms with van der Waals surface area (Å²) in [5.41, 5.74) is 5.68. The zero-order chi connectivity index (χ0) is 19.8. The Morgan fingerprint density at radius 1 is 1.07 bits per heavy atom. The number of carboxylic acids is 1. The van der Waals surface area contributed by atoms with Gasteiger partial charge in [-0.3, -0.25) is 0 Å². The lowest BCUT2D eigenvalue weighted by Gasteiger charge is -2.28. The first-order chi connectivity index (χ1) is 13.1. The monoisotopic (exact) mass is 378 g/mol. The normalized spacial score (nSPS) is 19.1. The lowest BCUT2D eigenvalue weighted by atomic mass is 10.1. The molecule has 1 heterocycles. The van der Waals surface area contributed by atoms with Gasteiger partial charge in [-0.1, -0.05) is 77.2 Å². The highest BCUT2D eigenvalue weighted by Crippen LogP contribution is 2.18. The van der Waals surface area contributed by atoms with Crippen LogP contribution in [0.1, 0.15) is 84.0 Å². The van der Waals surface area contributed by atoms with Crippen LogP contribution in [0.4, 0.5) is 0 Å². The first kappa shape index (κ1) is 23.6. The van der Waals surface area contributed by atoms with Crippen molar-refractivity contribution in [1.29, 1.82) is 0 Å². The first-order valence-corrected chi connectivity index (χ1v) is 10.9. The first-order valence-electron chi connectivity index (χ1n) is 10.9. The number of unbranched alkanes of at least 4 members (excludes halogenated alkanes) is 11. The van der Waals surface area contributed by atoms with Gasteiger partial charge in [0.2, 0.25) is 5.84 Å². The van der Waals surface area contributed by atoms with Crippen molar-refractivity contribution in [3.05, 3.63) is 24.6 Å². The van der Waals surface area contributed by atoms with Crippen LogP contribution in [0, 0.1) is 0 Å². The van der Waals surface area contributed by atoms with Crippen LogP contribution >= 0.6 is 0 Å². The number of aliphatic carboxylic acids is 1. The van der Waals surface area contributed by atoms with Gasteiger partial charge in [0, 0.05) is 12.6 Å². The fourth-order valence-electron chi connectivity index (χ4n) is 3.61. The Morgan fingerprint density at radius 3 is 2.22 bits per heavy atom. The zero-order valence-corrected chi connectivity index (χ0v) is 17.2. The van der Waals surface area contributed by atoms with Crippen LogP contribution in [0.5, 0.6) is 0 Å². The summed E-state index contributed by atoms with van der Waals surface area (Å²) in [5.74, 6) is -0.0487. The molecule has 0 saturated carbocycles. The molecule has 0 saturated heterocycles. The number of hydrogen-bond donors (Lipinski definition) is 2. The van der Waals surface area contributed by atoms with E-state index in [4.69, 9.17) is 5.73 Å². The molecule has 0 bridgehead atoms. The molecule has 27 heavy (non-hydrogen) atoms. The maximum atomic E-state index is 11.2. The molecular formula is C22H40N3O2+. The smallest absolute Gasteiger partial charge is 0.360 e. The zero-order valence-electron chi connectivity index (χ0n) is 17.2. The van der Waals surface area contributed by atoms with Crippen LogP contribution in [0.25, 0.3) is 0 Å². The molecule has 3 N–H and O–H groups in total. The van der Waals surface area contributed by atoms with E-state index in [0.29, 0.717) is 13.1 Å². The fourth-order valence-corrected chi connectivity index (χ4v) is 3.61. The lowest BCUT2D eigenvalue weighted by molar-refractivity contribution is -0.775. The van der Waals surface area contributed by atoms with Crippen molar-refractivity contribution in [2.75, 3.05) is 19.6 Å². The van der Waals surface area contributed by atoms with Gasteiger partial charge in [-0.25, -0.2) is 9.28 Å². The van der Waals surface area contributed by atoms with Gasteiger partial charge < -0.3 is 10.8 Å². The summed E-state index contributed by atoms with van der Waals surface area (Å²) < 4.78 is 0.223. The number of rotatable bonds is 17. The molecule has 1 unspecified atom stereocenters. The molecule has 1 aliphatic rings. The average Bonchev–Trinajstić information content (AvgIpc) is 3.00. The topological polar surface area (TPSA) is 75.7 Å². The molecule has 1 rings (SSSR count). The van der Waals surface area contributed by atoms with Gasteiger partial charge in [0.15, 0.2) is 6.54 Å². The second-order valence-corrected chi connectivity index (χ2v) is 7.61. The fraction of sp³-hybridized carbons (Fsp3) is 0.727. The van der Waals surface area contributed by atoms with Crippen molar-refractivity contribution in [2.24, 2.45) is 10.7 Å². The predicted molar refractivity (Wildman–Crippen MR) is 113 cm³/mol. The number of allylic oxidation sites excluding steroid dienone is 1. The molecule has 154 valence electrons. The number of quaternary nitrogens is 1. The number of carbonyl (C=O) groups is 1. The SMILES string of the molecule is CCCCCCCCCCCCC/C=C/C1=NC=C[N+]1(CCN)CC(=O)O. The maximum Gasteiger partial charge on any atom is 0.360 e. The molecule has 5 heteroatoms. The van der Waals surface area contributed by atoms with Crippen LogP contribution in [0.2, 0.25) is 0 Å². The standard InChI is InChI=1S/C22H39N3O2/c1-2-3-4-5-6-7-8-9-10-11-12-13-14-15-21-24-17-19-25(21,18-16-23)20-22(26)27/h14-15,17,19H,2-13,16,18,20,23H2,1H3/p+1/b15-14+. The summed E-state index contributed by atoms with van der Waals surface area (Å²) in [6.07, 6.45) is 23.5. The number of aliphatic imine (C=N–C) groups is 1. The number of nitrogens with two attached hydrogens (primary N) is 1. The molecule has 1 atom stereocenters. The second-order valence-electron chi connectivity index (χ2n) is 7.61. The van der Waals surface area contributed by atoms with Crippen LogP contribution in [-0.2, 0) is 4.79 Å². The van der Waals surface area contributed by atoms with E-state index in [1.165, 1.54) is 70.6 Å². The molecule has 1 aliphatic heterocycles. The molecule has 0 fully saturated rings. The Morgan fingerprint density at radius 2 is 1.67 bits per heavy atom.